The number of carbonyl (C=O) groups is 1. The molecular formula is C14H21NO2. The van der Waals surface area contributed by atoms with E-state index >= 15 is 0 Å². The second-order valence-corrected chi connectivity index (χ2v) is 4.87. The zero-order chi connectivity index (χ0) is 12.8. The van der Waals surface area contributed by atoms with E-state index in [9.17, 15) is 4.79 Å². The molecule has 1 aromatic rings. The second kappa shape index (κ2) is 6.40. The molecule has 0 aromatic heterocycles. The minimum Gasteiger partial charge on any atom is -0.478 e. The first-order valence-corrected chi connectivity index (χ1v) is 6.05. The lowest BCUT2D eigenvalue weighted by atomic mass is 10.0. The molecule has 0 fully saturated rings. The maximum atomic E-state index is 11.0. The molecule has 1 aromatic carbocycles. The van der Waals surface area contributed by atoms with Crippen molar-refractivity contribution in [2.75, 3.05) is 0 Å². The van der Waals surface area contributed by atoms with E-state index in [-0.39, 0.29) is 0 Å². The van der Waals surface area contributed by atoms with Gasteiger partial charge in [0.2, 0.25) is 0 Å². The van der Waals surface area contributed by atoms with Crippen molar-refractivity contribution in [3.05, 3.63) is 35.4 Å². The Balaban J connectivity index is 2.60. The van der Waals surface area contributed by atoms with E-state index in [0.717, 1.165) is 12.0 Å². The number of rotatable bonds is 6. The molecule has 0 amide bonds. The van der Waals surface area contributed by atoms with E-state index < -0.39 is 5.97 Å². The average Bonchev–Trinajstić information content (AvgIpc) is 2.25. The van der Waals surface area contributed by atoms with Gasteiger partial charge in [-0.1, -0.05) is 32.0 Å². The Morgan fingerprint density at radius 3 is 2.53 bits per heavy atom. The average molecular weight is 235 g/mol. The van der Waals surface area contributed by atoms with Crippen LogP contribution in [0.3, 0.4) is 0 Å². The van der Waals surface area contributed by atoms with Crippen molar-refractivity contribution < 1.29 is 9.90 Å². The molecule has 1 atom stereocenters. The summed E-state index contributed by atoms with van der Waals surface area (Å²) in [6.45, 7) is 7.10. The molecule has 0 radical (unpaired) electrons. The molecule has 0 heterocycles. The highest BCUT2D eigenvalue weighted by atomic mass is 16.4. The zero-order valence-corrected chi connectivity index (χ0v) is 10.7. The van der Waals surface area contributed by atoms with E-state index in [0.29, 0.717) is 24.1 Å². The topological polar surface area (TPSA) is 49.3 Å². The molecule has 0 saturated carbocycles. The largest absolute Gasteiger partial charge is 0.478 e. The van der Waals surface area contributed by atoms with Crippen LogP contribution in [0.5, 0.6) is 0 Å². The van der Waals surface area contributed by atoms with Crippen molar-refractivity contribution in [1.29, 1.82) is 0 Å². The van der Waals surface area contributed by atoms with Gasteiger partial charge >= 0.3 is 5.97 Å². The Labute approximate surface area is 103 Å². The van der Waals surface area contributed by atoms with Gasteiger partial charge in [-0.2, -0.15) is 0 Å². The first kappa shape index (κ1) is 13.7. The van der Waals surface area contributed by atoms with Gasteiger partial charge in [-0.3, -0.25) is 0 Å². The molecule has 0 aliphatic heterocycles. The van der Waals surface area contributed by atoms with E-state index in [4.69, 9.17) is 5.11 Å². The number of hydrogen-bond acceptors (Lipinski definition) is 2. The number of hydrogen-bond donors (Lipinski definition) is 2. The first-order chi connectivity index (χ1) is 8.00. The Hall–Kier alpha value is -1.35. The van der Waals surface area contributed by atoms with Crippen molar-refractivity contribution in [3.63, 3.8) is 0 Å². The van der Waals surface area contributed by atoms with Gasteiger partial charge in [0.15, 0.2) is 0 Å². The van der Waals surface area contributed by atoms with Crippen molar-refractivity contribution >= 4 is 5.97 Å². The minimum absolute atomic E-state index is 0.386. The van der Waals surface area contributed by atoms with Gasteiger partial charge in [0.05, 0.1) is 5.56 Å². The third kappa shape index (κ3) is 4.57. The highest BCUT2D eigenvalue weighted by Crippen LogP contribution is 2.10. The van der Waals surface area contributed by atoms with Crippen LogP contribution in [0.2, 0.25) is 0 Å². The van der Waals surface area contributed by atoms with Crippen LogP contribution in [0, 0.1) is 5.92 Å². The lowest BCUT2D eigenvalue weighted by Crippen LogP contribution is -2.27. The Bertz CT molecular complexity index is 374. The highest BCUT2D eigenvalue weighted by molar-refractivity contribution is 5.89. The normalized spacial score (nSPS) is 12.7. The number of carboxylic acid groups (broad SMARTS) is 1. The molecule has 0 bridgehead atoms. The number of benzene rings is 1. The molecule has 0 saturated heterocycles. The summed E-state index contributed by atoms with van der Waals surface area (Å²) in [6.07, 6.45) is 1.09. The van der Waals surface area contributed by atoms with Gasteiger partial charge in [-0.25, -0.2) is 4.79 Å². The van der Waals surface area contributed by atoms with Gasteiger partial charge in [0.1, 0.15) is 0 Å². The number of carboxylic acids is 1. The van der Waals surface area contributed by atoms with Crippen molar-refractivity contribution in [2.45, 2.75) is 39.8 Å². The fraction of sp³-hybridized carbons (Fsp3) is 0.500. The van der Waals surface area contributed by atoms with E-state index in [1.54, 1.807) is 12.1 Å². The van der Waals surface area contributed by atoms with Crippen molar-refractivity contribution in [1.82, 2.24) is 5.32 Å². The maximum Gasteiger partial charge on any atom is 0.336 e. The molecule has 0 aliphatic rings. The van der Waals surface area contributed by atoms with E-state index in [1.165, 1.54) is 0 Å². The zero-order valence-electron chi connectivity index (χ0n) is 10.7. The van der Waals surface area contributed by atoms with Crippen molar-refractivity contribution in [3.8, 4) is 0 Å². The predicted molar refractivity (Wildman–Crippen MR) is 69.2 cm³/mol. The second-order valence-electron chi connectivity index (χ2n) is 4.87. The summed E-state index contributed by atoms with van der Waals surface area (Å²) < 4.78 is 0. The van der Waals surface area contributed by atoms with Crippen LogP contribution < -0.4 is 5.32 Å². The van der Waals surface area contributed by atoms with Crippen LogP contribution in [-0.2, 0) is 6.54 Å². The van der Waals surface area contributed by atoms with Crippen molar-refractivity contribution in [2.24, 2.45) is 5.92 Å². The summed E-state index contributed by atoms with van der Waals surface area (Å²) in [6, 6.07) is 7.53. The summed E-state index contributed by atoms with van der Waals surface area (Å²) in [4.78, 5) is 11.0. The van der Waals surface area contributed by atoms with Crippen LogP contribution >= 0.6 is 0 Å². The smallest absolute Gasteiger partial charge is 0.336 e. The maximum absolute atomic E-state index is 11.0. The third-order valence-corrected chi connectivity index (χ3v) is 2.71. The summed E-state index contributed by atoms with van der Waals surface area (Å²) in [5.74, 6) is -0.217. The quantitative estimate of drug-likeness (QED) is 0.797. The molecule has 94 valence electrons. The lowest BCUT2D eigenvalue weighted by molar-refractivity contribution is 0.0695. The standard InChI is InChI=1S/C14H21NO2/c1-10(2)8-11(3)15-9-12-6-4-5-7-13(12)14(16)17/h4-7,10-11,15H,8-9H2,1-3H3,(H,16,17). The van der Waals surface area contributed by atoms with Crippen LogP contribution in [0.25, 0.3) is 0 Å². The molecule has 1 rings (SSSR count). The van der Waals surface area contributed by atoms with E-state index in [2.05, 4.69) is 26.1 Å². The van der Waals surface area contributed by atoms with Gasteiger partial charge < -0.3 is 10.4 Å². The SMILES string of the molecule is CC(C)CC(C)NCc1ccccc1C(=O)O. The van der Waals surface area contributed by atoms with E-state index in [1.807, 2.05) is 12.1 Å². The summed E-state index contributed by atoms with van der Waals surface area (Å²) >= 11 is 0. The molecule has 0 aliphatic carbocycles. The number of aromatic carboxylic acids is 1. The first-order valence-electron chi connectivity index (χ1n) is 6.05. The van der Waals surface area contributed by atoms with Crippen LogP contribution in [0.1, 0.15) is 43.1 Å². The fourth-order valence-corrected chi connectivity index (χ4v) is 1.96. The molecule has 3 heteroatoms. The Kier molecular flexibility index (Phi) is 5.16. The molecule has 2 N–H and O–H groups in total. The minimum atomic E-state index is -0.862. The van der Waals surface area contributed by atoms with Gasteiger partial charge in [0.25, 0.3) is 0 Å². The molecule has 17 heavy (non-hydrogen) atoms. The van der Waals surface area contributed by atoms with Crippen LogP contribution in [-0.4, -0.2) is 17.1 Å². The molecule has 1 unspecified atom stereocenters. The number of nitrogens with one attached hydrogen (secondary N) is 1. The van der Waals surface area contributed by atoms with Gasteiger partial charge in [0, 0.05) is 12.6 Å². The fourth-order valence-electron chi connectivity index (χ4n) is 1.96. The highest BCUT2D eigenvalue weighted by Gasteiger charge is 2.10. The summed E-state index contributed by atoms with van der Waals surface area (Å²) in [5.41, 5.74) is 1.23. The molecule has 0 spiro atoms. The molecular weight excluding hydrogens is 214 g/mol. The van der Waals surface area contributed by atoms with Gasteiger partial charge in [-0.05, 0) is 30.9 Å². The third-order valence-electron chi connectivity index (χ3n) is 2.71. The summed E-state index contributed by atoms with van der Waals surface area (Å²) in [7, 11) is 0. The van der Waals surface area contributed by atoms with Gasteiger partial charge in [-0.15, -0.1) is 0 Å². The van der Waals surface area contributed by atoms with Crippen LogP contribution in [0.4, 0.5) is 0 Å². The summed E-state index contributed by atoms with van der Waals surface area (Å²) in [5, 5.41) is 12.4. The Morgan fingerprint density at radius 2 is 1.94 bits per heavy atom. The lowest BCUT2D eigenvalue weighted by Gasteiger charge is -2.16. The monoisotopic (exact) mass is 235 g/mol. The molecule has 3 nitrogen and oxygen atoms in total. The predicted octanol–water partition coefficient (Wildman–Crippen LogP) is 2.91. The Morgan fingerprint density at radius 1 is 1.29 bits per heavy atom. The van der Waals surface area contributed by atoms with Crippen LogP contribution in [0.15, 0.2) is 24.3 Å².